The van der Waals surface area contributed by atoms with Crippen LogP contribution in [0.4, 0.5) is 4.79 Å². The highest BCUT2D eigenvalue weighted by Crippen LogP contribution is 2.44. The number of carboxylic acids is 1. The van der Waals surface area contributed by atoms with Gasteiger partial charge in [0.25, 0.3) is 5.91 Å². The van der Waals surface area contributed by atoms with E-state index in [4.69, 9.17) is 4.74 Å². The lowest BCUT2D eigenvalue weighted by molar-refractivity contribution is -0.143. The Morgan fingerprint density at radius 2 is 1.66 bits per heavy atom. The number of fused-ring (bicyclic) bond motifs is 3. The number of aromatic nitrogens is 1. The van der Waals surface area contributed by atoms with Crippen molar-refractivity contribution < 1.29 is 24.2 Å². The Kier molecular flexibility index (Phi) is 6.88. The van der Waals surface area contributed by atoms with E-state index < -0.39 is 23.5 Å². The van der Waals surface area contributed by atoms with Crippen LogP contribution in [0.25, 0.3) is 11.1 Å². The number of hydrogen-bond donors (Lipinski definition) is 3. The first kappa shape index (κ1) is 24.4. The fourth-order valence-corrected chi connectivity index (χ4v) is 5.02. The number of carboxylic acid groups (broad SMARTS) is 1. The molecular weight excluding hydrogens is 466 g/mol. The lowest BCUT2D eigenvalue weighted by Gasteiger charge is -2.20. The minimum absolute atomic E-state index is 0.00844. The SMILES string of the molecule is Cc1sc(CCNC(=O)OCC2c3ccccc3-c3ccccc32)nc1C(=O)NC(C)(C)C(=O)O. The van der Waals surface area contributed by atoms with Crippen LogP contribution < -0.4 is 10.6 Å². The summed E-state index contributed by atoms with van der Waals surface area (Å²) in [5, 5.41) is 15.1. The summed E-state index contributed by atoms with van der Waals surface area (Å²) in [4.78, 5) is 41.1. The lowest BCUT2D eigenvalue weighted by atomic mass is 9.98. The van der Waals surface area contributed by atoms with Gasteiger partial charge in [0.15, 0.2) is 0 Å². The predicted octanol–water partition coefficient (Wildman–Crippen LogP) is 4.13. The molecule has 2 aromatic carbocycles. The fourth-order valence-electron chi connectivity index (χ4n) is 4.09. The third-order valence-electron chi connectivity index (χ3n) is 5.97. The quantitative estimate of drug-likeness (QED) is 0.434. The molecule has 1 aliphatic carbocycles. The molecule has 0 atom stereocenters. The molecule has 0 aliphatic heterocycles. The number of ether oxygens (including phenoxy) is 1. The zero-order valence-electron chi connectivity index (χ0n) is 19.8. The molecule has 3 aromatic rings. The van der Waals surface area contributed by atoms with Gasteiger partial charge in [0.1, 0.15) is 17.8 Å². The number of benzene rings is 2. The number of amides is 2. The largest absolute Gasteiger partial charge is 0.480 e. The van der Waals surface area contributed by atoms with Crippen LogP contribution in [0.2, 0.25) is 0 Å². The number of carbonyl (C=O) groups is 3. The first-order chi connectivity index (χ1) is 16.7. The van der Waals surface area contributed by atoms with E-state index in [-0.39, 0.29) is 18.2 Å². The molecule has 8 nitrogen and oxygen atoms in total. The van der Waals surface area contributed by atoms with Gasteiger partial charge in [-0.15, -0.1) is 11.3 Å². The molecule has 0 radical (unpaired) electrons. The summed E-state index contributed by atoms with van der Waals surface area (Å²) in [6.07, 6.45) is -0.0907. The molecule has 0 fully saturated rings. The smallest absolute Gasteiger partial charge is 0.407 e. The minimum Gasteiger partial charge on any atom is -0.480 e. The van der Waals surface area contributed by atoms with Gasteiger partial charge in [-0.25, -0.2) is 14.6 Å². The van der Waals surface area contributed by atoms with Crippen molar-refractivity contribution in [2.45, 2.75) is 38.6 Å². The van der Waals surface area contributed by atoms with E-state index >= 15 is 0 Å². The standard InChI is InChI=1S/C26H27N3O5S/c1-15-22(23(30)29-26(2,3)24(31)32)28-21(35-15)12-13-27-25(33)34-14-20-18-10-6-4-8-16(18)17-9-5-7-11-19(17)20/h4-11,20H,12-14H2,1-3H3,(H,27,33)(H,29,30)(H,31,32). The molecule has 0 unspecified atom stereocenters. The Bertz CT molecular complexity index is 1240. The van der Waals surface area contributed by atoms with Crippen molar-refractivity contribution in [3.8, 4) is 11.1 Å². The van der Waals surface area contributed by atoms with Gasteiger partial charge in [-0.05, 0) is 43.0 Å². The van der Waals surface area contributed by atoms with Gasteiger partial charge in [-0.1, -0.05) is 48.5 Å². The normalized spacial score (nSPS) is 12.5. The van der Waals surface area contributed by atoms with Gasteiger partial charge in [0.05, 0.1) is 5.01 Å². The van der Waals surface area contributed by atoms with E-state index in [1.54, 1.807) is 6.92 Å². The zero-order chi connectivity index (χ0) is 25.2. The van der Waals surface area contributed by atoms with E-state index in [2.05, 4.69) is 39.9 Å². The third kappa shape index (κ3) is 5.19. The first-order valence-electron chi connectivity index (χ1n) is 11.3. The summed E-state index contributed by atoms with van der Waals surface area (Å²) >= 11 is 1.34. The molecule has 182 valence electrons. The van der Waals surface area contributed by atoms with Gasteiger partial charge < -0.3 is 20.5 Å². The Morgan fingerprint density at radius 1 is 1.06 bits per heavy atom. The predicted molar refractivity (Wildman–Crippen MR) is 133 cm³/mol. The second-order valence-electron chi connectivity index (χ2n) is 8.90. The Morgan fingerprint density at radius 3 is 2.26 bits per heavy atom. The average Bonchev–Trinajstić information content (AvgIpc) is 3.35. The van der Waals surface area contributed by atoms with Gasteiger partial charge >= 0.3 is 12.1 Å². The zero-order valence-corrected chi connectivity index (χ0v) is 20.6. The molecule has 1 aliphatic rings. The van der Waals surface area contributed by atoms with Crippen LogP contribution in [0.5, 0.6) is 0 Å². The van der Waals surface area contributed by atoms with Crippen molar-refractivity contribution in [3.63, 3.8) is 0 Å². The number of aliphatic carboxylic acids is 1. The van der Waals surface area contributed by atoms with Crippen molar-refractivity contribution in [3.05, 3.63) is 75.2 Å². The number of nitrogens with one attached hydrogen (secondary N) is 2. The summed E-state index contributed by atoms with van der Waals surface area (Å²) in [5.41, 5.74) is 3.43. The lowest BCUT2D eigenvalue weighted by Crippen LogP contribution is -2.49. The number of alkyl carbamates (subject to hydrolysis) is 1. The number of rotatable bonds is 8. The number of nitrogens with zero attached hydrogens (tertiary/aromatic N) is 1. The van der Waals surface area contributed by atoms with Crippen LogP contribution in [0, 0.1) is 6.92 Å². The molecule has 1 heterocycles. The van der Waals surface area contributed by atoms with E-state index in [0.29, 0.717) is 22.9 Å². The molecule has 2 amide bonds. The Hall–Kier alpha value is -3.72. The van der Waals surface area contributed by atoms with Gasteiger partial charge in [-0.2, -0.15) is 0 Å². The van der Waals surface area contributed by atoms with Crippen LogP contribution in [-0.4, -0.2) is 46.8 Å². The minimum atomic E-state index is -1.40. The van der Waals surface area contributed by atoms with Gasteiger partial charge in [0, 0.05) is 23.8 Å². The molecule has 3 N–H and O–H groups in total. The highest BCUT2D eigenvalue weighted by molar-refractivity contribution is 7.11. The maximum absolute atomic E-state index is 12.4. The molecule has 0 spiro atoms. The summed E-state index contributed by atoms with van der Waals surface area (Å²) in [7, 11) is 0. The molecular formula is C26H27N3O5S. The number of aryl methyl sites for hydroxylation is 1. The summed E-state index contributed by atoms with van der Waals surface area (Å²) < 4.78 is 5.54. The highest BCUT2D eigenvalue weighted by Gasteiger charge is 2.31. The molecule has 1 aromatic heterocycles. The number of thiazole rings is 1. The van der Waals surface area contributed by atoms with Gasteiger partial charge in [-0.3, -0.25) is 4.79 Å². The first-order valence-corrected chi connectivity index (χ1v) is 12.1. The second kappa shape index (κ2) is 9.87. The van der Waals surface area contributed by atoms with Crippen LogP contribution in [-0.2, 0) is 16.0 Å². The van der Waals surface area contributed by atoms with Crippen LogP contribution in [0.15, 0.2) is 48.5 Å². The average molecular weight is 494 g/mol. The molecule has 35 heavy (non-hydrogen) atoms. The van der Waals surface area contributed by atoms with Crippen LogP contribution >= 0.6 is 11.3 Å². The second-order valence-corrected chi connectivity index (χ2v) is 10.2. The highest BCUT2D eigenvalue weighted by atomic mass is 32.1. The third-order valence-corrected chi connectivity index (χ3v) is 7.00. The topological polar surface area (TPSA) is 118 Å². The van der Waals surface area contributed by atoms with E-state index in [1.165, 1.54) is 36.3 Å². The van der Waals surface area contributed by atoms with Crippen LogP contribution in [0.3, 0.4) is 0 Å². The molecule has 0 bridgehead atoms. The number of hydrogen-bond acceptors (Lipinski definition) is 6. The monoisotopic (exact) mass is 493 g/mol. The van der Waals surface area contributed by atoms with E-state index in [0.717, 1.165) is 11.1 Å². The fraction of sp³-hybridized carbons (Fsp3) is 0.308. The summed E-state index contributed by atoms with van der Waals surface area (Å²) in [5.74, 6) is -1.68. The van der Waals surface area contributed by atoms with Crippen molar-refractivity contribution in [1.82, 2.24) is 15.6 Å². The van der Waals surface area contributed by atoms with Crippen molar-refractivity contribution in [2.24, 2.45) is 0 Å². The molecule has 0 saturated heterocycles. The van der Waals surface area contributed by atoms with Crippen molar-refractivity contribution >= 4 is 29.3 Å². The number of carbonyl (C=O) groups excluding carboxylic acids is 2. The maximum atomic E-state index is 12.4. The molecule has 4 rings (SSSR count). The van der Waals surface area contributed by atoms with Crippen molar-refractivity contribution in [2.75, 3.05) is 13.2 Å². The van der Waals surface area contributed by atoms with E-state index in [9.17, 15) is 19.5 Å². The van der Waals surface area contributed by atoms with E-state index in [1.807, 2.05) is 24.3 Å². The summed E-state index contributed by atoms with van der Waals surface area (Å²) in [6, 6.07) is 16.3. The Labute approximate surface area is 207 Å². The Balaban J connectivity index is 1.30. The molecule has 0 saturated carbocycles. The molecule has 9 heteroatoms. The van der Waals surface area contributed by atoms with Crippen LogP contribution in [0.1, 0.15) is 51.3 Å². The van der Waals surface area contributed by atoms with Gasteiger partial charge in [0.2, 0.25) is 0 Å². The maximum Gasteiger partial charge on any atom is 0.407 e. The summed E-state index contributed by atoms with van der Waals surface area (Å²) in [6.45, 7) is 5.11. The van der Waals surface area contributed by atoms with Crippen molar-refractivity contribution in [1.29, 1.82) is 0 Å².